The van der Waals surface area contributed by atoms with Crippen molar-refractivity contribution in [3.63, 3.8) is 0 Å². The Morgan fingerprint density at radius 1 is 1.21 bits per heavy atom. The minimum atomic E-state index is -3.86. The molecule has 12 heteroatoms. The fourth-order valence-corrected chi connectivity index (χ4v) is 4.00. The van der Waals surface area contributed by atoms with Crippen LogP contribution < -0.4 is 9.88 Å². The first-order valence-electron chi connectivity index (χ1n) is 9.45. The Kier molecular flexibility index (Phi) is 6.31. The number of halogens is 1. The molecule has 2 aromatic heterocycles. The molecule has 0 aliphatic carbocycles. The van der Waals surface area contributed by atoms with Crippen molar-refractivity contribution in [2.24, 2.45) is 5.14 Å². The van der Waals surface area contributed by atoms with Gasteiger partial charge in [-0.15, -0.1) is 16.8 Å². The first-order chi connectivity index (χ1) is 15.8. The van der Waals surface area contributed by atoms with E-state index in [2.05, 4.69) is 21.9 Å². The maximum absolute atomic E-state index is 14.4. The van der Waals surface area contributed by atoms with Crippen molar-refractivity contribution in [3.05, 3.63) is 67.0 Å². The highest BCUT2D eigenvalue weighted by atomic mass is 32.2. The Labute approximate surface area is 193 Å². The van der Waals surface area contributed by atoms with Crippen LogP contribution in [0, 0.1) is 5.82 Å². The molecule has 0 radical (unpaired) electrons. The maximum Gasteiger partial charge on any atom is 0.277 e. The lowest BCUT2D eigenvalue weighted by molar-refractivity contribution is 0.386. The predicted molar refractivity (Wildman–Crippen MR) is 121 cm³/mol. The molecule has 33 heavy (non-hydrogen) atoms. The zero-order valence-corrected chi connectivity index (χ0v) is 18.9. The molecule has 9 nitrogen and oxygen atoms in total. The summed E-state index contributed by atoms with van der Waals surface area (Å²) in [6.45, 7) is 3.65. The number of methoxy groups -OCH3 is 1. The van der Waals surface area contributed by atoms with E-state index in [9.17, 15) is 12.8 Å². The second kappa shape index (κ2) is 9.17. The number of rotatable bonds is 8. The van der Waals surface area contributed by atoms with E-state index in [1.54, 1.807) is 30.3 Å². The molecule has 2 N–H and O–H groups in total. The van der Waals surface area contributed by atoms with Crippen molar-refractivity contribution < 1.29 is 22.0 Å². The lowest BCUT2D eigenvalue weighted by Gasteiger charge is -2.09. The molecule has 4 rings (SSSR count). The van der Waals surface area contributed by atoms with Gasteiger partial charge < -0.3 is 9.15 Å². The van der Waals surface area contributed by atoms with Crippen molar-refractivity contribution in [3.8, 4) is 34.3 Å². The van der Waals surface area contributed by atoms with E-state index in [1.165, 1.54) is 47.8 Å². The Morgan fingerprint density at radius 3 is 2.61 bits per heavy atom. The van der Waals surface area contributed by atoms with Gasteiger partial charge in [-0.2, -0.15) is 5.10 Å². The molecule has 0 spiro atoms. The first kappa shape index (κ1) is 22.7. The van der Waals surface area contributed by atoms with Crippen LogP contribution in [-0.4, -0.2) is 41.3 Å². The summed E-state index contributed by atoms with van der Waals surface area (Å²) in [5.41, 5.74) is 1.88. The summed E-state index contributed by atoms with van der Waals surface area (Å²) in [5.74, 6) is 0.331. The van der Waals surface area contributed by atoms with Gasteiger partial charge >= 0.3 is 0 Å². The van der Waals surface area contributed by atoms with Gasteiger partial charge in [0, 0.05) is 11.3 Å². The highest BCUT2D eigenvalue weighted by molar-refractivity contribution is 7.99. The third kappa shape index (κ3) is 4.82. The number of hydrogen-bond donors (Lipinski definition) is 1. The zero-order valence-electron chi connectivity index (χ0n) is 17.3. The standard InChI is InChI=1S/C21H18FN5O4S2/c1-3-10-32-21-25-24-20(31-21)17-12-18(13-4-9-19(30-2)16(22)11-13)27(26-17)14-5-7-15(8-6-14)33(23,28)29/h3-9,11-12H,1,10H2,2H3,(H2,23,28,29). The topological polar surface area (TPSA) is 126 Å². The van der Waals surface area contributed by atoms with E-state index in [4.69, 9.17) is 14.3 Å². The molecule has 0 unspecified atom stereocenters. The average Bonchev–Trinajstić information content (AvgIpc) is 3.44. The maximum atomic E-state index is 14.4. The van der Waals surface area contributed by atoms with E-state index in [1.807, 2.05) is 0 Å². The van der Waals surface area contributed by atoms with Gasteiger partial charge in [0.15, 0.2) is 17.3 Å². The second-order valence-electron chi connectivity index (χ2n) is 6.69. The van der Waals surface area contributed by atoms with Crippen molar-refractivity contribution in [1.29, 1.82) is 0 Å². The highest BCUT2D eigenvalue weighted by Crippen LogP contribution is 2.32. The Morgan fingerprint density at radius 2 is 1.97 bits per heavy atom. The molecule has 2 heterocycles. The zero-order chi connectivity index (χ0) is 23.6. The van der Waals surface area contributed by atoms with Crippen LogP contribution >= 0.6 is 11.8 Å². The highest BCUT2D eigenvalue weighted by Gasteiger charge is 2.19. The van der Waals surface area contributed by atoms with Gasteiger partial charge in [0.1, 0.15) is 0 Å². The predicted octanol–water partition coefficient (Wildman–Crippen LogP) is 3.66. The second-order valence-corrected chi connectivity index (χ2v) is 9.22. The summed E-state index contributed by atoms with van der Waals surface area (Å²) in [6.07, 6.45) is 1.71. The SMILES string of the molecule is C=CCSc1nnc(-c2cc(-c3ccc(OC)c(F)c3)n(-c3ccc(S(N)(=O)=O)cc3)n2)o1. The van der Waals surface area contributed by atoms with Crippen LogP contribution in [0.4, 0.5) is 4.39 Å². The summed E-state index contributed by atoms with van der Waals surface area (Å²) >= 11 is 1.32. The number of primary sulfonamides is 1. The summed E-state index contributed by atoms with van der Waals surface area (Å²) in [5, 5.41) is 18.1. The Balaban J connectivity index is 1.82. The van der Waals surface area contributed by atoms with Crippen LogP contribution in [0.2, 0.25) is 0 Å². The van der Waals surface area contributed by atoms with Crippen molar-refractivity contribution in [2.45, 2.75) is 10.1 Å². The summed E-state index contributed by atoms with van der Waals surface area (Å²) in [4.78, 5) is -0.0449. The number of hydrogen-bond acceptors (Lipinski definition) is 8. The molecule has 0 aliphatic rings. The molecule has 0 atom stereocenters. The minimum absolute atomic E-state index is 0.0449. The molecular weight excluding hydrogens is 469 g/mol. The van der Waals surface area contributed by atoms with Crippen LogP contribution in [0.1, 0.15) is 0 Å². The van der Waals surface area contributed by atoms with Gasteiger partial charge in [-0.05, 0) is 48.5 Å². The quantitative estimate of drug-likeness (QED) is 0.295. The van der Waals surface area contributed by atoms with Gasteiger partial charge in [0.2, 0.25) is 10.0 Å². The summed E-state index contributed by atoms with van der Waals surface area (Å²) in [6, 6.07) is 12.0. The third-order valence-corrected chi connectivity index (χ3v) is 6.26. The van der Waals surface area contributed by atoms with Gasteiger partial charge in [-0.25, -0.2) is 22.6 Å². The number of ether oxygens (including phenoxy) is 1. The lowest BCUT2D eigenvalue weighted by Crippen LogP contribution is -2.12. The van der Waals surface area contributed by atoms with Crippen LogP contribution in [0.15, 0.2) is 75.7 Å². The number of nitrogens with two attached hydrogens (primary N) is 1. The van der Waals surface area contributed by atoms with Gasteiger partial charge in [-0.3, -0.25) is 0 Å². The number of aromatic nitrogens is 4. The van der Waals surface area contributed by atoms with Crippen LogP contribution in [-0.2, 0) is 10.0 Å². The molecule has 0 saturated carbocycles. The average molecular weight is 488 g/mol. The van der Waals surface area contributed by atoms with Gasteiger partial charge in [0.25, 0.3) is 11.1 Å². The van der Waals surface area contributed by atoms with E-state index >= 15 is 0 Å². The summed E-state index contributed by atoms with van der Waals surface area (Å²) < 4.78 is 49.8. The van der Waals surface area contributed by atoms with E-state index < -0.39 is 15.8 Å². The third-order valence-electron chi connectivity index (χ3n) is 4.52. The van der Waals surface area contributed by atoms with Crippen LogP contribution in [0.3, 0.4) is 0 Å². The molecule has 0 aliphatic heterocycles. The largest absolute Gasteiger partial charge is 0.494 e. The van der Waals surface area contributed by atoms with Crippen molar-refractivity contribution in [1.82, 2.24) is 20.0 Å². The minimum Gasteiger partial charge on any atom is -0.494 e. The fourth-order valence-electron chi connectivity index (χ4n) is 2.99. The van der Waals surface area contributed by atoms with Crippen LogP contribution in [0.5, 0.6) is 5.75 Å². The lowest BCUT2D eigenvalue weighted by atomic mass is 10.1. The van der Waals surface area contributed by atoms with Crippen molar-refractivity contribution >= 4 is 21.8 Å². The van der Waals surface area contributed by atoms with Gasteiger partial charge in [-0.1, -0.05) is 17.8 Å². The Bertz CT molecular complexity index is 1410. The number of thioether (sulfide) groups is 1. The Hall–Kier alpha value is -3.48. The number of nitrogens with zero attached hydrogens (tertiary/aromatic N) is 4. The number of benzene rings is 2. The monoisotopic (exact) mass is 487 g/mol. The molecule has 0 saturated heterocycles. The number of sulfonamides is 1. The fraction of sp³-hybridized carbons (Fsp3) is 0.0952. The van der Waals surface area contributed by atoms with E-state index in [0.717, 1.165) is 0 Å². The normalized spacial score (nSPS) is 11.5. The molecule has 0 fully saturated rings. The smallest absolute Gasteiger partial charge is 0.277 e. The van der Waals surface area contributed by atoms with E-state index in [-0.39, 0.29) is 16.5 Å². The first-order valence-corrected chi connectivity index (χ1v) is 12.0. The molecule has 170 valence electrons. The molecule has 0 amide bonds. The van der Waals surface area contributed by atoms with Crippen molar-refractivity contribution in [2.75, 3.05) is 12.9 Å². The molecule has 0 bridgehead atoms. The molecular formula is C21H18FN5O4S2. The van der Waals surface area contributed by atoms with Crippen LogP contribution in [0.25, 0.3) is 28.5 Å². The molecule has 2 aromatic carbocycles. The summed E-state index contributed by atoms with van der Waals surface area (Å²) in [7, 11) is -2.48. The van der Waals surface area contributed by atoms with E-state index in [0.29, 0.717) is 33.6 Å². The molecule has 4 aromatic rings. The van der Waals surface area contributed by atoms with Gasteiger partial charge in [0.05, 0.1) is 23.4 Å².